The molecule has 1 aromatic heterocycles. The van der Waals surface area contributed by atoms with Gasteiger partial charge in [0.1, 0.15) is 5.84 Å². The van der Waals surface area contributed by atoms with E-state index in [2.05, 4.69) is 15.5 Å². The quantitative estimate of drug-likeness (QED) is 0.336. The molecule has 0 amide bonds. The average molecular weight is 250 g/mol. The monoisotopic (exact) mass is 250 g/mol. The number of nitrogens with zero attached hydrogens (tertiary/aromatic N) is 2. The van der Waals surface area contributed by atoms with Crippen LogP contribution in [-0.2, 0) is 0 Å². The molecule has 0 aliphatic rings. The Labute approximate surface area is 103 Å². The van der Waals surface area contributed by atoms with Gasteiger partial charge >= 0.3 is 0 Å². The van der Waals surface area contributed by atoms with Crippen molar-refractivity contribution in [1.29, 1.82) is 0 Å². The van der Waals surface area contributed by atoms with Gasteiger partial charge < -0.3 is 16.3 Å². The third kappa shape index (κ3) is 2.65. The number of amidine groups is 1. The maximum atomic E-state index is 8.54. The molecule has 1 atom stereocenters. The topological polar surface area (TPSA) is 83.5 Å². The van der Waals surface area contributed by atoms with Crippen LogP contribution in [0.3, 0.4) is 0 Å². The molecule has 0 bridgehead atoms. The highest BCUT2D eigenvalue weighted by molar-refractivity contribution is 7.16. The Balaban J connectivity index is 2.03. The lowest BCUT2D eigenvalue weighted by molar-refractivity contribution is 0.315. The molecule has 4 N–H and O–H groups in total. The van der Waals surface area contributed by atoms with Crippen LogP contribution in [0, 0.1) is 5.92 Å². The lowest BCUT2D eigenvalue weighted by atomic mass is 10.1. The van der Waals surface area contributed by atoms with Gasteiger partial charge in [0.2, 0.25) is 0 Å². The van der Waals surface area contributed by atoms with Gasteiger partial charge in [-0.25, -0.2) is 4.98 Å². The van der Waals surface area contributed by atoms with Crippen LogP contribution >= 0.6 is 11.3 Å². The van der Waals surface area contributed by atoms with Crippen molar-refractivity contribution in [3.63, 3.8) is 0 Å². The Morgan fingerprint density at radius 3 is 3.24 bits per heavy atom. The third-order valence-electron chi connectivity index (χ3n) is 2.56. The highest BCUT2D eigenvalue weighted by Gasteiger charge is 2.07. The Bertz CT molecular complexity index is 537. The Morgan fingerprint density at radius 2 is 2.47 bits per heavy atom. The fourth-order valence-corrected chi connectivity index (χ4v) is 2.16. The number of hydrogen-bond donors (Lipinski definition) is 3. The zero-order chi connectivity index (χ0) is 12.3. The SMILES string of the molecule is CC(CNc1ccc2ncsc2c1)/C(N)=N/O. The predicted octanol–water partition coefficient (Wildman–Crippen LogP) is 2.09. The minimum atomic E-state index is -0.0165. The van der Waals surface area contributed by atoms with Crippen molar-refractivity contribution in [3.8, 4) is 0 Å². The number of thiazole rings is 1. The minimum Gasteiger partial charge on any atom is -0.409 e. The summed E-state index contributed by atoms with van der Waals surface area (Å²) in [5, 5.41) is 14.8. The molecule has 1 heterocycles. The van der Waals surface area contributed by atoms with Crippen LogP contribution in [0.5, 0.6) is 0 Å². The number of aromatic nitrogens is 1. The molecule has 90 valence electrons. The highest BCUT2D eigenvalue weighted by atomic mass is 32.1. The van der Waals surface area contributed by atoms with Crippen LogP contribution in [0.15, 0.2) is 28.9 Å². The first-order valence-electron chi connectivity index (χ1n) is 5.25. The zero-order valence-corrected chi connectivity index (χ0v) is 10.2. The molecule has 0 fully saturated rings. The lowest BCUT2D eigenvalue weighted by Crippen LogP contribution is -2.27. The van der Waals surface area contributed by atoms with E-state index in [4.69, 9.17) is 10.9 Å². The molecule has 0 saturated carbocycles. The highest BCUT2D eigenvalue weighted by Crippen LogP contribution is 2.21. The van der Waals surface area contributed by atoms with Crippen LogP contribution in [0.4, 0.5) is 5.69 Å². The number of hydrogen-bond acceptors (Lipinski definition) is 5. The van der Waals surface area contributed by atoms with Crippen molar-refractivity contribution >= 4 is 33.1 Å². The van der Waals surface area contributed by atoms with Crippen LogP contribution in [-0.4, -0.2) is 22.6 Å². The summed E-state index contributed by atoms with van der Waals surface area (Å²) >= 11 is 1.61. The fourth-order valence-electron chi connectivity index (χ4n) is 1.44. The first-order valence-corrected chi connectivity index (χ1v) is 6.13. The van der Waals surface area contributed by atoms with Gasteiger partial charge in [-0.15, -0.1) is 11.3 Å². The van der Waals surface area contributed by atoms with Crippen molar-refractivity contribution in [2.24, 2.45) is 16.8 Å². The van der Waals surface area contributed by atoms with Gasteiger partial charge in [0.15, 0.2) is 0 Å². The number of nitrogens with one attached hydrogen (secondary N) is 1. The first-order chi connectivity index (χ1) is 8.20. The fraction of sp³-hybridized carbons (Fsp3) is 0.273. The van der Waals surface area contributed by atoms with E-state index in [0.29, 0.717) is 6.54 Å². The van der Waals surface area contributed by atoms with E-state index in [9.17, 15) is 0 Å². The van der Waals surface area contributed by atoms with Gasteiger partial charge in [0.25, 0.3) is 0 Å². The molecule has 0 aliphatic carbocycles. The number of nitrogens with two attached hydrogens (primary N) is 1. The summed E-state index contributed by atoms with van der Waals surface area (Å²) in [7, 11) is 0. The van der Waals surface area contributed by atoms with Gasteiger partial charge in [0, 0.05) is 18.2 Å². The van der Waals surface area contributed by atoms with Crippen molar-refractivity contribution in [3.05, 3.63) is 23.7 Å². The van der Waals surface area contributed by atoms with E-state index in [0.717, 1.165) is 15.9 Å². The zero-order valence-electron chi connectivity index (χ0n) is 9.42. The van der Waals surface area contributed by atoms with Crippen molar-refractivity contribution in [2.75, 3.05) is 11.9 Å². The number of benzene rings is 1. The summed E-state index contributed by atoms with van der Waals surface area (Å²) < 4.78 is 1.14. The molecule has 1 unspecified atom stereocenters. The maximum Gasteiger partial charge on any atom is 0.143 e. The van der Waals surface area contributed by atoms with Crippen LogP contribution in [0.2, 0.25) is 0 Å². The molecule has 0 spiro atoms. The number of anilines is 1. The molecule has 6 heteroatoms. The maximum absolute atomic E-state index is 8.54. The molecule has 17 heavy (non-hydrogen) atoms. The molecule has 0 aliphatic heterocycles. The summed E-state index contributed by atoms with van der Waals surface area (Å²) in [5.74, 6) is 0.216. The summed E-state index contributed by atoms with van der Waals surface area (Å²) in [4.78, 5) is 4.22. The standard InChI is InChI=1S/C11H14N4OS/c1-7(11(12)15-16)5-13-8-2-3-9-10(4-8)17-6-14-9/h2-4,6-7,13,16H,5H2,1H3,(H2,12,15). The molecular weight excluding hydrogens is 236 g/mol. The molecule has 5 nitrogen and oxygen atoms in total. The molecule has 1 aromatic carbocycles. The first kappa shape index (κ1) is 11.7. The van der Waals surface area contributed by atoms with E-state index in [-0.39, 0.29) is 11.8 Å². The number of fused-ring (bicyclic) bond motifs is 1. The van der Waals surface area contributed by atoms with Gasteiger partial charge in [-0.1, -0.05) is 12.1 Å². The summed E-state index contributed by atoms with van der Waals surface area (Å²) in [6.45, 7) is 2.52. The summed E-state index contributed by atoms with van der Waals surface area (Å²) in [6, 6.07) is 6.00. The molecule has 0 saturated heterocycles. The minimum absolute atomic E-state index is 0.0165. The van der Waals surface area contributed by atoms with Crippen molar-refractivity contribution in [1.82, 2.24) is 4.98 Å². The van der Waals surface area contributed by atoms with Gasteiger partial charge in [-0.3, -0.25) is 0 Å². The summed E-state index contributed by atoms with van der Waals surface area (Å²) in [6.07, 6.45) is 0. The summed E-state index contributed by atoms with van der Waals surface area (Å²) in [5.41, 5.74) is 9.35. The molecular formula is C11H14N4OS. The second-order valence-corrected chi connectivity index (χ2v) is 4.73. The van der Waals surface area contributed by atoms with Gasteiger partial charge in [-0.05, 0) is 18.2 Å². The smallest absolute Gasteiger partial charge is 0.143 e. The Morgan fingerprint density at radius 1 is 1.65 bits per heavy atom. The predicted molar refractivity (Wildman–Crippen MR) is 70.7 cm³/mol. The van der Waals surface area contributed by atoms with E-state index >= 15 is 0 Å². The van der Waals surface area contributed by atoms with Crippen LogP contribution < -0.4 is 11.1 Å². The Hall–Kier alpha value is -1.82. The number of rotatable bonds is 4. The van der Waals surface area contributed by atoms with E-state index in [1.165, 1.54) is 0 Å². The Kier molecular flexibility index (Phi) is 3.43. The van der Waals surface area contributed by atoms with Crippen molar-refractivity contribution < 1.29 is 5.21 Å². The van der Waals surface area contributed by atoms with E-state index in [1.54, 1.807) is 11.3 Å². The molecule has 2 aromatic rings. The van der Waals surface area contributed by atoms with Crippen molar-refractivity contribution in [2.45, 2.75) is 6.92 Å². The second-order valence-electron chi connectivity index (χ2n) is 3.84. The molecule has 2 rings (SSSR count). The largest absolute Gasteiger partial charge is 0.409 e. The second kappa shape index (κ2) is 5.01. The average Bonchev–Trinajstić information content (AvgIpc) is 2.82. The van der Waals surface area contributed by atoms with Crippen LogP contribution in [0.1, 0.15) is 6.92 Å². The number of oxime groups is 1. The van der Waals surface area contributed by atoms with Gasteiger partial charge in [-0.2, -0.15) is 0 Å². The van der Waals surface area contributed by atoms with Gasteiger partial charge in [0.05, 0.1) is 15.7 Å². The lowest BCUT2D eigenvalue weighted by Gasteiger charge is -2.11. The normalized spacial score (nSPS) is 13.8. The van der Waals surface area contributed by atoms with Crippen LogP contribution in [0.25, 0.3) is 10.2 Å². The van der Waals surface area contributed by atoms with E-state index in [1.807, 2.05) is 30.6 Å². The molecule has 0 radical (unpaired) electrons. The van der Waals surface area contributed by atoms with E-state index < -0.39 is 0 Å². The third-order valence-corrected chi connectivity index (χ3v) is 3.36.